The lowest BCUT2D eigenvalue weighted by Gasteiger charge is -2.35. The van der Waals surface area contributed by atoms with Gasteiger partial charge in [-0.1, -0.05) is 78.3 Å². The highest BCUT2D eigenvalue weighted by molar-refractivity contribution is 7.92. The minimum absolute atomic E-state index is 0.0188. The number of anilines is 1. The van der Waals surface area contributed by atoms with Gasteiger partial charge >= 0.3 is 0 Å². The first-order valence-corrected chi connectivity index (χ1v) is 15.9. The van der Waals surface area contributed by atoms with Crippen LogP contribution in [0, 0.1) is 5.82 Å². The lowest BCUT2D eigenvalue weighted by Crippen LogP contribution is -2.56. The highest BCUT2D eigenvalue weighted by Gasteiger charge is 2.36. The molecule has 0 fully saturated rings. The third kappa shape index (κ3) is 8.45. The summed E-state index contributed by atoms with van der Waals surface area (Å²) in [4.78, 5) is 29.5. The van der Waals surface area contributed by atoms with Crippen LogP contribution in [-0.4, -0.2) is 43.3 Å². The molecule has 1 N–H and O–H groups in total. The Labute approximate surface area is 263 Å². The second kappa shape index (κ2) is 14.1. The molecule has 1 atom stereocenters. The first-order valence-electron chi connectivity index (χ1n) is 14.1. The molecule has 0 aliphatic heterocycles. The number of nitrogens with zero attached hydrogens (tertiary/aromatic N) is 2. The van der Waals surface area contributed by atoms with Crippen LogP contribution in [-0.2, 0) is 32.6 Å². The van der Waals surface area contributed by atoms with Crippen LogP contribution >= 0.6 is 11.6 Å². The van der Waals surface area contributed by atoms with E-state index in [9.17, 15) is 22.4 Å². The van der Waals surface area contributed by atoms with Crippen LogP contribution in [0.5, 0.6) is 0 Å². The second-order valence-electron chi connectivity index (χ2n) is 11.4. The van der Waals surface area contributed by atoms with Crippen molar-refractivity contribution in [1.82, 2.24) is 10.2 Å². The SMILES string of the molecule is CC(C)(C)NC(=O)[C@@H](Cc1ccccc1)N(Cc1ccccc1F)C(=O)CN(c1ccc(Cl)cc1)S(=O)(=O)c1ccccc1. The van der Waals surface area contributed by atoms with Gasteiger partial charge in [0, 0.05) is 29.1 Å². The Kier molecular flexibility index (Phi) is 10.4. The van der Waals surface area contributed by atoms with E-state index in [1.807, 2.05) is 51.1 Å². The number of halogens is 2. The molecule has 10 heteroatoms. The van der Waals surface area contributed by atoms with Crippen LogP contribution in [0.3, 0.4) is 0 Å². The van der Waals surface area contributed by atoms with E-state index in [2.05, 4.69) is 5.32 Å². The van der Waals surface area contributed by atoms with Gasteiger partial charge in [0.15, 0.2) is 0 Å². The standard InChI is InChI=1S/C34H35ClFN3O4S/c1-34(2,3)37-33(41)31(22-25-12-6-4-7-13-25)38(23-26-14-10-11-17-30(26)36)32(40)24-39(28-20-18-27(35)19-21-28)44(42,43)29-15-8-5-9-16-29/h4-21,31H,22-24H2,1-3H3,(H,37,41)/t31-/m1/s1. The molecular formula is C34H35ClFN3O4S. The first kappa shape index (κ1) is 32.7. The summed E-state index contributed by atoms with van der Waals surface area (Å²) < 4.78 is 43.9. The van der Waals surface area contributed by atoms with E-state index in [4.69, 9.17) is 11.6 Å². The maximum absolute atomic E-state index is 15.0. The molecular weight excluding hydrogens is 601 g/mol. The molecule has 0 radical (unpaired) electrons. The number of sulfonamides is 1. The molecule has 4 aromatic rings. The van der Waals surface area contributed by atoms with Gasteiger partial charge in [-0.3, -0.25) is 13.9 Å². The third-order valence-corrected chi connectivity index (χ3v) is 8.83. The Balaban J connectivity index is 1.82. The molecule has 0 heterocycles. The molecule has 4 rings (SSSR count). The number of amides is 2. The maximum atomic E-state index is 15.0. The van der Waals surface area contributed by atoms with Crippen molar-refractivity contribution in [3.05, 3.63) is 131 Å². The van der Waals surface area contributed by atoms with Gasteiger partial charge < -0.3 is 10.2 Å². The van der Waals surface area contributed by atoms with Gasteiger partial charge in [0.1, 0.15) is 18.4 Å². The molecule has 4 aromatic carbocycles. The van der Waals surface area contributed by atoms with Crippen molar-refractivity contribution < 1.29 is 22.4 Å². The number of carbonyl (C=O) groups excluding carboxylic acids is 2. The number of nitrogens with one attached hydrogen (secondary N) is 1. The van der Waals surface area contributed by atoms with Gasteiger partial charge in [0.05, 0.1) is 10.6 Å². The molecule has 0 aliphatic carbocycles. The number of rotatable bonds is 11. The van der Waals surface area contributed by atoms with Crippen molar-refractivity contribution in [2.75, 3.05) is 10.8 Å². The van der Waals surface area contributed by atoms with Crippen molar-refractivity contribution >= 4 is 39.1 Å². The van der Waals surface area contributed by atoms with E-state index in [0.717, 1.165) is 9.87 Å². The third-order valence-electron chi connectivity index (χ3n) is 6.79. The molecule has 0 aliphatic rings. The van der Waals surface area contributed by atoms with Gasteiger partial charge in [0.25, 0.3) is 10.0 Å². The van der Waals surface area contributed by atoms with Gasteiger partial charge in [-0.2, -0.15) is 0 Å². The van der Waals surface area contributed by atoms with Crippen LogP contribution in [0.15, 0.2) is 114 Å². The summed E-state index contributed by atoms with van der Waals surface area (Å²) in [5.74, 6) is -1.69. The van der Waals surface area contributed by atoms with E-state index < -0.39 is 45.8 Å². The fraction of sp³-hybridized carbons (Fsp3) is 0.235. The zero-order chi connectivity index (χ0) is 31.9. The molecule has 230 valence electrons. The summed E-state index contributed by atoms with van der Waals surface area (Å²) in [7, 11) is -4.24. The highest BCUT2D eigenvalue weighted by atomic mass is 35.5. The monoisotopic (exact) mass is 635 g/mol. The predicted octanol–water partition coefficient (Wildman–Crippen LogP) is 6.23. The van der Waals surface area contributed by atoms with Gasteiger partial charge in [-0.15, -0.1) is 0 Å². The van der Waals surface area contributed by atoms with E-state index in [1.54, 1.807) is 24.3 Å². The maximum Gasteiger partial charge on any atom is 0.264 e. The van der Waals surface area contributed by atoms with E-state index >= 15 is 0 Å². The minimum Gasteiger partial charge on any atom is -0.350 e. The Bertz CT molecular complexity index is 1680. The summed E-state index contributed by atoms with van der Waals surface area (Å²) in [5.41, 5.74) is 0.534. The molecule has 2 amide bonds. The summed E-state index contributed by atoms with van der Waals surface area (Å²) in [6.45, 7) is 4.55. The van der Waals surface area contributed by atoms with Gasteiger partial charge in [0.2, 0.25) is 11.8 Å². The first-order chi connectivity index (χ1) is 20.8. The van der Waals surface area contributed by atoms with Crippen molar-refractivity contribution in [2.45, 2.75) is 50.2 Å². The minimum atomic E-state index is -4.24. The van der Waals surface area contributed by atoms with E-state index in [0.29, 0.717) is 5.02 Å². The van der Waals surface area contributed by atoms with Crippen molar-refractivity contribution in [2.24, 2.45) is 0 Å². The molecule has 44 heavy (non-hydrogen) atoms. The fourth-order valence-electron chi connectivity index (χ4n) is 4.67. The molecule has 0 aromatic heterocycles. The average molecular weight is 636 g/mol. The molecule has 0 saturated heterocycles. The molecule has 0 unspecified atom stereocenters. The van der Waals surface area contributed by atoms with Crippen LogP contribution in [0.25, 0.3) is 0 Å². The van der Waals surface area contributed by atoms with Crippen LogP contribution < -0.4 is 9.62 Å². The van der Waals surface area contributed by atoms with Crippen molar-refractivity contribution in [1.29, 1.82) is 0 Å². The molecule has 0 saturated carbocycles. The topological polar surface area (TPSA) is 86.8 Å². The smallest absolute Gasteiger partial charge is 0.264 e. The van der Waals surface area contributed by atoms with Gasteiger partial charge in [-0.05, 0) is 68.8 Å². The summed E-state index contributed by atoms with van der Waals surface area (Å²) in [6, 6.07) is 27.9. The Hall–Kier alpha value is -4.21. The quantitative estimate of drug-likeness (QED) is 0.212. The fourth-order valence-corrected chi connectivity index (χ4v) is 6.23. The summed E-state index contributed by atoms with van der Waals surface area (Å²) >= 11 is 6.09. The number of hydrogen-bond donors (Lipinski definition) is 1. The summed E-state index contributed by atoms with van der Waals surface area (Å²) in [5, 5.41) is 3.34. The van der Waals surface area contributed by atoms with Crippen molar-refractivity contribution in [3.63, 3.8) is 0 Å². The lowest BCUT2D eigenvalue weighted by molar-refractivity contribution is -0.140. The average Bonchev–Trinajstić information content (AvgIpc) is 2.99. The van der Waals surface area contributed by atoms with Crippen LogP contribution in [0.4, 0.5) is 10.1 Å². The van der Waals surface area contributed by atoms with Gasteiger partial charge in [-0.25, -0.2) is 12.8 Å². The molecule has 0 spiro atoms. The highest BCUT2D eigenvalue weighted by Crippen LogP contribution is 2.26. The van der Waals surface area contributed by atoms with Crippen LogP contribution in [0.2, 0.25) is 5.02 Å². The zero-order valence-corrected chi connectivity index (χ0v) is 26.4. The number of hydrogen-bond acceptors (Lipinski definition) is 4. The summed E-state index contributed by atoms with van der Waals surface area (Å²) in [6.07, 6.45) is 0.120. The van der Waals surface area contributed by atoms with Crippen molar-refractivity contribution in [3.8, 4) is 0 Å². The Morgan fingerprint density at radius 2 is 1.41 bits per heavy atom. The molecule has 7 nitrogen and oxygen atoms in total. The lowest BCUT2D eigenvalue weighted by atomic mass is 10.0. The Morgan fingerprint density at radius 1 is 0.841 bits per heavy atom. The van der Waals surface area contributed by atoms with E-state index in [1.165, 1.54) is 59.5 Å². The second-order valence-corrected chi connectivity index (χ2v) is 13.7. The Morgan fingerprint density at radius 3 is 2.00 bits per heavy atom. The number of carbonyl (C=O) groups is 2. The largest absolute Gasteiger partial charge is 0.350 e. The number of benzene rings is 4. The normalized spacial score (nSPS) is 12.3. The predicted molar refractivity (Wildman–Crippen MR) is 171 cm³/mol. The molecule has 0 bridgehead atoms. The van der Waals surface area contributed by atoms with E-state index in [-0.39, 0.29) is 29.1 Å². The zero-order valence-electron chi connectivity index (χ0n) is 24.8. The van der Waals surface area contributed by atoms with Crippen LogP contribution in [0.1, 0.15) is 31.9 Å².